The molecule has 0 aromatic heterocycles. The van der Waals surface area contributed by atoms with E-state index >= 15 is 0 Å². The third-order valence-corrected chi connectivity index (χ3v) is 18.9. The topological polar surface area (TPSA) is 15.7 Å². The standard InChI is InChI=1S/C66H77BN2O/c1-60(2,3)42-21-24-45-56(35-42)70-59-57(45)67-52-38-50-51(66(14,15)32-31-65(50,12)13)39-53(52)68(43-22-25-46-48(36-43)63(8,9)29-27-61(46,4)5)54-33-41(40-19-17-16-18-20-40)34-55(58(54)67)69(59)44-23-26-47-49(37-44)64(10,11)30-28-62(47,6)7/h16-26,33-39,57,59H,27-32H2,1-15H3/i16D,17D,18D,19D,20D. The lowest BCUT2D eigenvalue weighted by molar-refractivity contribution is 0.231. The Kier molecular flexibility index (Phi) is 8.48. The molecule has 0 saturated heterocycles. The van der Waals surface area contributed by atoms with Gasteiger partial charge in [0.25, 0.3) is 0 Å². The Bertz CT molecular complexity index is 3440. The number of rotatable bonds is 3. The van der Waals surface area contributed by atoms with Crippen LogP contribution in [0.1, 0.15) is 200 Å². The van der Waals surface area contributed by atoms with Gasteiger partial charge in [-0.1, -0.05) is 164 Å². The molecule has 0 saturated carbocycles. The van der Waals surface area contributed by atoms with E-state index in [1.807, 2.05) is 0 Å². The van der Waals surface area contributed by atoms with E-state index in [9.17, 15) is 2.74 Å². The lowest BCUT2D eigenvalue weighted by atomic mass is 9.29. The summed E-state index contributed by atoms with van der Waals surface area (Å²) >= 11 is 0. The summed E-state index contributed by atoms with van der Waals surface area (Å²) in [6.07, 6.45) is 6.06. The number of fused-ring (bicyclic) bond motifs is 9. The zero-order chi connectivity index (χ0) is 53.8. The van der Waals surface area contributed by atoms with Crippen molar-refractivity contribution < 1.29 is 11.6 Å². The molecule has 0 amide bonds. The van der Waals surface area contributed by atoms with Gasteiger partial charge in [-0.3, -0.25) is 0 Å². The van der Waals surface area contributed by atoms with E-state index < -0.39 is 12.3 Å². The van der Waals surface area contributed by atoms with Gasteiger partial charge in [0.15, 0.2) is 6.23 Å². The average Bonchev–Trinajstić information content (AvgIpc) is 3.73. The van der Waals surface area contributed by atoms with Gasteiger partial charge in [-0.05, 0) is 192 Å². The minimum absolute atomic E-state index is 0.00674. The van der Waals surface area contributed by atoms with Crippen LogP contribution in [0, 0.1) is 0 Å². The molecule has 0 bridgehead atoms. The number of nitrogens with zero attached hydrogens (tertiary/aromatic N) is 2. The van der Waals surface area contributed by atoms with Gasteiger partial charge in [0.1, 0.15) is 5.75 Å². The lowest BCUT2D eigenvalue weighted by Gasteiger charge is -2.50. The summed E-state index contributed by atoms with van der Waals surface area (Å²) in [5.74, 6) is 0.777. The average molecular weight is 930 g/mol. The molecule has 2 unspecified atom stereocenters. The largest absolute Gasteiger partial charge is 0.470 e. The third-order valence-electron chi connectivity index (χ3n) is 18.9. The fourth-order valence-electron chi connectivity index (χ4n) is 14.0. The first kappa shape index (κ1) is 40.4. The van der Waals surface area contributed by atoms with E-state index in [1.165, 1.54) is 55.4 Å². The molecule has 360 valence electrons. The Morgan fingerprint density at radius 2 is 1.01 bits per heavy atom. The van der Waals surface area contributed by atoms with Crippen LogP contribution >= 0.6 is 0 Å². The van der Waals surface area contributed by atoms with Crippen molar-refractivity contribution in [2.24, 2.45) is 0 Å². The van der Waals surface area contributed by atoms with E-state index in [-0.39, 0.29) is 80.2 Å². The Balaban J connectivity index is 1.25. The molecule has 3 aliphatic carbocycles. The number of benzene rings is 6. The second-order valence-electron chi connectivity index (χ2n) is 27.4. The third kappa shape index (κ3) is 6.72. The molecule has 3 heterocycles. The summed E-state index contributed by atoms with van der Waals surface area (Å²) in [6.45, 7) is 35.4. The molecule has 4 heteroatoms. The highest BCUT2D eigenvalue weighted by molar-refractivity contribution is 6.91. The SMILES string of the molecule is [2H]c1c([2H])c([2H])c(-c2cc3c4c(c2)N(c2ccc5c(c2)C(C)(C)CCC5(C)C)C2Oc5cc(C(C)(C)C)ccc5C2B4c2cc4c(cc2N3c2ccc3c(c2)C(C)(C)CCC3(C)C)C(C)(C)CCC4(C)C)c([2H])c1[2H]. The van der Waals surface area contributed by atoms with E-state index in [4.69, 9.17) is 8.85 Å². The molecule has 6 aromatic rings. The van der Waals surface area contributed by atoms with Gasteiger partial charge in [-0.25, -0.2) is 0 Å². The minimum Gasteiger partial charge on any atom is -0.470 e. The number of anilines is 5. The summed E-state index contributed by atoms with van der Waals surface area (Å²) in [7, 11) is 0. The van der Waals surface area contributed by atoms with Gasteiger partial charge >= 0.3 is 0 Å². The maximum absolute atomic E-state index is 9.55. The van der Waals surface area contributed by atoms with Crippen LogP contribution in [0.15, 0.2) is 109 Å². The Morgan fingerprint density at radius 1 is 0.514 bits per heavy atom. The molecule has 6 aliphatic rings. The van der Waals surface area contributed by atoms with E-state index in [0.717, 1.165) is 72.7 Å². The van der Waals surface area contributed by atoms with Crippen molar-refractivity contribution in [3.63, 3.8) is 0 Å². The maximum atomic E-state index is 9.55. The van der Waals surface area contributed by atoms with Gasteiger partial charge < -0.3 is 14.5 Å². The second kappa shape index (κ2) is 14.7. The van der Waals surface area contributed by atoms with Crippen LogP contribution in [-0.4, -0.2) is 12.9 Å². The first-order valence-electron chi connectivity index (χ1n) is 29.0. The van der Waals surface area contributed by atoms with Gasteiger partial charge in [0, 0.05) is 34.3 Å². The highest BCUT2D eigenvalue weighted by atomic mass is 16.5. The normalized spacial score (nSPS) is 24.2. The summed E-state index contributed by atoms with van der Waals surface area (Å²) in [5, 5.41) is 0. The Hall–Kier alpha value is -5.22. The van der Waals surface area contributed by atoms with Crippen molar-refractivity contribution >= 4 is 46.1 Å². The quantitative estimate of drug-likeness (QED) is 0.165. The van der Waals surface area contributed by atoms with E-state index in [1.54, 1.807) is 0 Å². The summed E-state index contributed by atoms with van der Waals surface area (Å²) < 4.78 is 53.5. The van der Waals surface area contributed by atoms with Crippen molar-refractivity contribution in [2.45, 2.75) is 192 Å². The first-order valence-corrected chi connectivity index (χ1v) is 26.5. The predicted molar refractivity (Wildman–Crippen MR) is 298 cm³/mol. The van der Waals surface area contributed by atoms with Gasteiger partial charge in [0.05, 0.1) is 6.85 Å². The highest BCUT2D eigenvalue weighted by Crippen LogP contribution is 2.57. The summed E-state index contributed by atoms with van der Waals surface area (Å²) in [5.41, 5.74) is 18.7. The van der Waals surface area contributed by atoms with Gasteiger partial charge in [0.2, 0.25) is 6.71 Å². The van der Waals surface area contributed by atoms with Gasteiger partial charge in [-0.15, -0.1) is 0 Å². The monoisotopic (exact) mass is 930 g/mol. The van der Waals surface area contributed by atoms with Crippen LogP contribution in [0.5, 0.6) is 5.75 Å². The molecule has 70 heavy (non-hydrogen) atoms. The molecule has 3 aliphatic heterocycles. The van der Waals surface area contributed by atoms with Crippen molar-refractivity contribution in [1.82, 2.24) is 0 Å². The number of hydrogen-bond acceptors (Lipinski definition) is 3. The van der Waals surface area contributed by atoms with Crippen molar-refractivity contribution in [1.29, 1.82) is 0 Å². The number of ether oxygens (including phenoxy) is 1. The van der Waals surface area contributed by atoms with Crippen LogP contribution < -0.4 is 25.5 Å². The van der Waals surface area contributed by atoms with Crippen LogP contribution in [0.4, 0.5) is 28.4 Å². The van der Waals surface area contributed by atoms with E-state index in [2.05, 4.69) is 193 Å². The lowest BCUT2D eigenvalue weighted by Crippen LogP contribution is -2.63. The molecule has 12 rings (SSSR count). The summed E-state index contributed by atoms with van der Waals surface area (Å²) in [4.78, 5) is 4.95. The van der Waals surface area contributed by atoms with Crippen molar-refractivity contribution in [3.8, 4) is 16.9 Å². The molecular weight excluding hydrogens is 848 g/mol. The molecule has 0 spiro atoms. The fraction of sp³-hybridized carbons (Fsp3) is 0.455. The molecule has 6 aromatic carbocycles. The van der Waals surface area contributed by atoms with Crippen molar-refractivity contribution in [3.05, 3.63) is 154 Å². The van der Waals surface area contributed by atoms with Crippen LogP contribution in [0.2, 0.25) is 0 Å². The molecule has 0 fully saturated rings. The molecule has 0 radical (unpaired) electrons. The first-order chi connectivity index (χ1) is 34.8. The van der Waals surface area contributed by atoms with Crippen molar-refractivity contribution in [2.75, 3.05) is 9.80 Å². The zero-order valence-corrected chi connectivity index (χ0v) is 44.8. The van der Waals surface area contributed by atoms with Crippen LogP contribution in [0.3, 0.4) is 0 Å². The van der Waals surface area contributed by atoms with Crippen LogP contribution in [-0.2, 0) is 37.9 Å². The maximum Gasteiger partial charge on any atom is 0.231 e. The zero-order valence-electron chi connectivity index (χ0n) is 49.8. The highest BCUT2D eigenvalue weighted by Gasteiger charge is 2.56. The molecule has 2 atom stereocenters. The second-order valence-corrected chi connectivity index (χ2v) is 27.4. The van der Waals surface area contributed by atoms with Crippen LogP contribution in [0.25, 0.3) is 11.1 Å². The molecule has 3 nitrogen and oxygen atoms in total. The summed E-state index contributed by atoms with van der Waals surface area (Å²) in [6, 6.07) is 29.2. The smallest absolute Gasteiger partial charge is 0.231 e. The Morgan fingerprint density at radius 3 is 1.59 bits per heavy atom. The predicted octanol–water partition coefficient (Wildman–Crippen LogP) is 16.3. The molecular formula is C66H77BN2O. The fourth-order valence-corrected chi connectivity index (χ4v) is 14.0. The Labute approximate surface area is 428 Å². The minimum atomic E-state index is -0.472. The van der Waals surface area contributed by atoms with Gasteiger partial charge in [-0.2, -0.15) is 0 Å². The molecule has 0 N–H and O–H groups in total. The van der Waals surface area contributed by atoms with E-state index in [0.29, 0.717) is 5.56 Å². The number of hydrogen-bond donors (Lipinski definition) is 0.